The Morgan fingerprint density at radius 3 is 2.15 bits per heavy atom. The van der Waals surface area contributed by atoms with Crippen molar-refractivity contribution < 1.29 is 19.1 Å². The second-order valence-corrected chi connectivity index (χ2v) is 8.33. The van der Waals surface area contributed by atoms with Crippen LogP contribution in [0.2, 0.25) is 0 Å². The van der Waals surface area contributed by atoms with Crippen LogP contribution in [-0.4, -0.2) is 18.0 Å². The topological polar surface area (TPSA) is 52.6 Å². The van der Waals surface area contributed by atoms with Gasteiger partial charge in [-0.05, 0) is 58.4 Å². The van der Waals surface area contributed by atoms with E-state index in [0.717, 1.165) is 44.1 Å². The molecule has 0 bridgehead atoms. The van der Waals surface area contributed by atoms with Gasteiger partial charge >= 0.3 is 11.9 Å². The minimum atomic E-state index is -0.908. The largest absolute Gasteiger partial charge is 0.451 e. The standard InChI is InChI=1S/C23H34O4/c1-5-22(3,4)21(25)26-18(2)20(24)27-23(19-14-10-9-11-15-19)16-12-7-6-8-13-17-23/h9-11,14-15,18H,5-8,12-13,16-17H2,1-4H3. The molecular weight excluding hydrogens is 340 g/mol. The minimum absolute atomic E-state index is 0.360. The first kappa shape index (κ1) is 21.5. The molecule has 0 N–H and O–H groups in total. The van der Waals surface area contributed by atoms with E-state index in [1.165, 1.54) is 6.42 Å². The normalized spacial score (nSPS) is 18.7. The van der Waals surface area contributed by atoms with E-state index in [2.05, 4.69) is 0 Å². The molecule has 1 aromatic rings. The van der Waals surface area contributed by atoms with Gasteiger partial charge in [0.2, 0.25) is 0 Å². The van der Waals surface area contributed by atoms with Crippen LogP contribution in [0.3, 0.4) is 0 Å². The summed E-state index contributed by atoms with van der Waals surface area (Å²) in [5.74, 6) is -0.819. The summed E-state index contributed by atoms with van der Waals surface area (Å²) in [5.41, 5.74) is -0.196. The molecule has 0 heterocycles. The lowest BCUT2D eigenvalue weighted by atomic mass is 9.81. The molecule has 1 atom stereocenters. The third-order valence-corrected chi connectivity index (χ3v) is 5.81. The fourth-order valence-electron chi connectivity index (χ4n) is 3.46. The maximum Gasteiger partial charge on any atom is 0.348 e. The molecule has 150 valence electrons. The molecule has 1 saturated carbocycles. The zero-order valence-electron chi connectivity index (χ0n) is 17.3. The highest BCUT2D eigenvalue weighted by atomic mass is 16.6. The van der Waals surface area contributed by atoms with Crippen molar-refractivity contribution in [3.63, 3.8) is 0 Å². The second-order valence-electron chi connectivity index (χ2n) is 8.33. The predicted molar refractivity (Wildman–Crippen MR) is 106 cm³/mol. The number of hydrogen-bond donors (Lipinski definition) is 0. The second kappa shape index (κ2) is 9.38. The first-order chi connectivity index (χ1) is 12.8. The van der Waals surface area contributed by atoms with Gasteiger partial charge in [0.1, 0.15) is 5.60 Å². The Hall–Kier alpha value is -1.84. The SMILES string of the molecule is CCC(C)(C)C(=O)OC(C)C(=O)OC1(c2ccccc2)CCCCCCC1. The number of esters is 2. The summed E-state index contributed by atoms with van der Waals surface area (Å²) in [6.45, 7) is 7.19. The van der Waals surface area contributed by atoms with E-state index < -0.39 is 23.1 Å². The highest BCUT2D eigenvalue weighted by molar-refractivity contribution is 5.81. The molecule has 4 nitrogen and oxygen atoms in total. The maximum absolute atomic E-state index is 12.8. The van der Waals surface area contributed by atoms with Crippen molar-refractivity contribution in [2.75, 3.05) is 0 Å². The molecule has 0 aromatic heterocycles. The molecule has 27 heavy (non-hydrogen) atoms. The monoisotopic (exact) mass is 374 g/mol. The van der Waals surface area contributed by atoms with Crippen molar-refractivity contribution in [1.29, 1.82) is 0 Å². The fraction of sp³-hybridized carbons (Fsp3) is 0.652. The average Bonchev–Trinajstić information content (AvgIpc) is 2.64. The van der Waals surface area contributed by atoms with E-state index in [9.17, 15) is 9.59 Å². The number of benzene rings is 1. The molecule has 0 spiro atoms. The Labute approximate surface area is 163 Å². The Morgan fingerprint density at radius 2 is 1.59 bits per heavy atom. The Balaban J connectivity index is 2.17. The summed E-state index contributed by atoms with van der Waals surface area (Å²) in [7, 11) is 0. The summed E-state index contributed by atoms with van der Waals surface area (Å²) in [4.78, 5) is 25.2. The molecule has 1 aliphatic rings. The predicted octanol–water partition coefficient (Wildman–Crippen LogP) is 5.54. The zero-order valence-corrected chi connectivity index (χ0v) is 17.3. The molecule has 1 unspecified atom stereocenters. The van der Waals surface area contributed by atoms with Gasteiger partial charge in [-0.2, -0.15) is 0 Å². The third kappa shape index (κ3) is 5.57. The number of rotatable bonds is 6. The lowest BCUT2D eigenvalue weighted by Crippen LogP contribution is -2.39. The van der Waals surface area contributed by atoms with Crippen molar-refractivity contribution in [2.24, 2.45) is 5.41 Å². The quantitative estimate of drug-likeness (QED) is 0.614. The molecule has 0 radical (unpaired) electrons. The van der Waals surface area contributed by atoms with Crippen molar-refractivity contribution >= 4 is 11.9 Å². The van der Waals surface area contributed by atoms with Crippen molar-refractivity contribution in [3.8, 4) is 0 Å². The van der Waals surface area contributed by atoms with Crippen LogP contribution < -0.4 is 0 Å². The van der Waals surface area contributed by atoms with Gasteiger partial charge in [-0.3, -0.25) is 4.79 Å². The van der Waals surface area contributed by atoms with Gasteiger partial charge in [0.25, 0.3) is 0 Å². The first-order valence-corrected chi connectivity index (χ1v) is 10.3. The van der Waals surface area contributed by atoms with Gasteiger partial charge in [-0.25, -0.2) is 4.79 Å². The van der Waals surface area contributed by atoms with Gasteiger partial charge in [0.05, 0.1) is 5.41 Å². The van der Waals surface area contributed by atoms with E-state index in [0.29, 0.717) is 6.42 Å². The molecule has 1 aromatic carbocycles. The lowest BCUT2D eigenvalue weighted by Gasteiger charge is -2.36. The average molecular weight is 375 g/mol. The molecule has 2 rings (SSSR count). The fourth-order valence-corrected chi connectivity index (χ4v) is 3.46. The van der Waals surface area contributed by atoms with Crippen molar-refractivity contribution in [1.82, 2.24) is 0 Å². The minimum Gasteiger partial charge on any atom is -0.451 e. The van der Waals surface area contributed by atoms with Gasteiger partial charge in [-0.15, -0.1) is 0 Å². The van der Waals surface area contributed by atoms with Crippen LogP contribution in [0.1, 0.15) is 84.6 Å². The first-order valence-electron chi connectivity index (χ1n) is 10.3. The Morgan fingerprint density at radius 1 is 1.04 bits per heavy atom. The van der Waals surface area contributed by atoms with E-state index >= 15 is 0 Å². The highest BCUT2D eigenvalue weighted by Gasteiger charge is 2.39. The van der Waals surface area contributed by atoms with Crippen LogP contribution in [0.15, 0.2) is 30.3 Å². The van der Waals surface area contributed by atoms with Crippen LogP contribution in [0.25, 0.3) is 0 Å². The molecule has 4 heteroatoms. The Kier molecular flexibility index (Phi) is 7.46. The van der Waals surface area contributed by atoms with Crippen LogP contribution in [-0.2, 0) is 24.7 Å². The van der Waals surface area contributed by atoms with Gasteiger partial charge in [-0.1, -0.05) is 56.5 Å². The molecule has 1 fully saturated rings. The van der Waals surface area contributed by atoms with Crippen molar-refractivity contribution in [3.05, 3.63) is 35.9 Å². The Bertz CT molecular complexity index is 613. The summed E-state index contributed by atoms with van der Waals surface area (Å²) in [6.07, 6.45) is 6.96. The lowest BCUT2D eigenvalue weighted by molar-refractivity contribution is -0.184. The molecule has 0 saturated heterocycles. The molecular formula is C23H34O4. The van der Waals surface area contributed by atoms with Crippen LogP contribution in [0, 0.1) is 5.41 Å². The molecule has 0 aliphatic heterocycles. The number of hydrogen-bond acceptors (Lipinski definition) is 4. The van der Waals surface area contributed by atoms with Crippen LogP contribution in [0.4, 0.5) is 0 Å². The number of carbonyl (C=O) groups is 2. The van der Waals surface area contributed by atoms with Crippen LogP contribution in [0.5, 0.6) is 0 Å². The summed E-state index contributed by atoms with van der Waals surface area (Å²) in [5, 5.41) is 0. The van der Waals surface area contributed by atoms with Crippen molar-refractivity contribution in [2.45, 2.75) is 90.8 Å². The maximum atomic E-state index is 12.8. The molecule has 1 aliphatic carbocycles. The summed E-state index contributed by atoms with van der Waals surface area (Å²) in [6, 6.07) is 10.0. The van der Waals surface area contributed by atoms with E-state index in [1.54, 1.807) is 6.92 Å². The summed E-state index contributed by atoms with van der Waals surface area (Å²) >= 11 is 0. The zero-order chi connectivity index (χ0) is 19.9. The van der Waals surface area contributed by atoms with Gasteiger partial charge in [0, 0.05) is 0 Å². The van der Waals surface area contributed by atoms with E-state index in [-0.39, 0.29) is 5.97 Å². The van der Waals surface area contributed by atoms with E-state index in [4.69, 9.17) is 9.47 Å². The number of ether oxygens (including phenoxy) is 2. The number of carbonyl (C=O) groups excluding carboxylic acids is 2. The third-order valence-electron chi connectivity index (χ3n) is 5.81. The van der Waals surface area contributed by atoms with E-state index in [1.807, 2.05) is 51.1 Å². The smallest absolute Gasteiger partial charge is 0.348 e. The summed E-state index contributed by atoms with van der Waals surface area (Å²) < 4.78 is 11.5. The highest BCUT2D eigenvalue weighted by Crippen LogP contribution is 2.39. The van der Waals surface area contributed by atoms with Crippen LogP contribution >= 0.6 is 0 Å². The molecule has 0 amide bonds. The van der Waals surface area contributed by atoms with Gasteiger partial charge in [0.15, 0.2) is 6.10 Å². The van der Waals surface area contributed by atoms with Gasteiger partial charge < -0.3 is 9.47 Å².